The highest BCUT2D eigenvalue weighted by molar-refractivity contribution is 6.08. The van der Waals surface area contributed by atoms with E-state index in [1.807, 2.05) is 0 Å². The summed E-state index contributed by atoms with van der Waals surface area (Å²) in [4.78, 5) is 48.1. The van der Waals surface area contributed by atoms with Gasteiger partial charge in [0.15, 0.2) is 24.8 Å². The number of halogens is 1. The summed E-state index contributed by atoms with van der Waals surface area (Å²) in [5, 5.41) is 3.26. The summed E-state index contributed by atoms with van der Waals surface area (Å²) in [6.45, 7) is -1.32. The van der Waals surface area contributed by atoms with Crippen LogP contribution in [0, 0.1) is 5.82 Å². The summed E-state index contributed by atoms with van der Waals surface area (Å²) in [7, 11) is 0. The largest absolute Gasteiger partial charge is 0.479 e. The van der Waals surface area contributed by atoms with Crippen LogP contribution in [0.3, 0.4) is 0 Å². The van der Waals surface area contributed by atoms with Crippen molar-refractivity contribution in [1.82, 2.24) is 15.8 Å². The lowest BCUT2D eigenvalue weighted by molar-refractivity contribution is -0.152. The third kappa shape index (κ3) is 4.21. The molecule has 28 heavy (non-hydrogen) atoms. The molecule has 0 atom stereocenters. The number of carbonyl (C=O) groups excluding carboxylic acids is 4. The minimum Gasteiger partial charge on any atom is -0.479 e. The molecule has 1 aliphatic carbocycles. The fraction of sp³-hybridized carbons (Fsp3) is 0.444. The molecule has 3 rings (SSSR count). The van der Waals surface area contributed by atoms with Crippen molar-refractivity contribution in [1.29, 1.82) is 0 Å². The van der Waals surface area contributed by atoms with Gasteiger partial charge in [-0.25, -0.2) is 14.0 Å². The topological polar surface area (TPSA) is 114 Å². The Hall–Kier alpha value is -3.17. The van der Waals surface area contributed by atoms with Crippen molar-refractivity contribution in [3.63, 3.8) is 0 Å². The molecule has 150 valence electrons. The van der Waals surface area contributed by atoms with Crippen molar-refractivity contribution in [2.45, 2.75) is 37.6 Å². The fourth-order valence-corrected chi connectivity index (χ4v) is 3.26. The maximum absolute atomic E-state index is 13.4. The molecule has 9 nitrogen and oxygen atoms in total. The van der Waals surface area contributed by atoms with Crippen molar-refractivity contribution in [2.75, 3.05) is 13.2 Å². The van der Waals surface area contributed by atoms with Crippen LogP contribution in [0.25, 0.3) is 0 Å². The third-order valence-corrected chi connectivity index (χ3v) is 4.65. The van der Waals surface area contributed by atoms with Gasteiger partial charge in [0.25, 0.3) is 11.8 Å². The van der Waals surface area contributed by atoms with Crippen LogP contribution in [0.15, 0.2) is 24.3 Å². The van der Waals surface area contributed by atoms with Crippen molar-refractivity contribution in [3.05, 3.63) is 30.1 Å². The maximum Gasteiger partial charge on any atom is 0.344 e. The Balaban J connectivity index is 1.45. The molecule has 0 bridgehead atoms. The van der Waals surface area contributed by atoms with Crippen LogP contribution in [0.1, 0.15) is 32.1 Å². The lowest BCUT2D eigenvalue weighted by atomic mass is 9.82. The number of benzene rings is 1. The molecule has 0 aromatic heterocycles. The van der Waals surface area contributed by atoms with Gasteiger partial charge in [0, 0.05) is 0 Å². The SMILES string of the molecule is O=C(COC(=O)COc1ccccc1F)NN1C(=O)NC2(CCCCC2)C1=O. The number of nitrogens with one attached hydrogen (secondary N) is 2. The number of ether oxygens (including phenoxy) is 2. The average molecular weight is 393 g/mol. The zero-order valence-electron chi connectivity index (χ0n) is 15.0. The normalized spacial score (nSPS) is 18.0. The standard InChI is InChI=1S/C18H20FN3O6/c19-12-6-2-3-7-13(12)27-11-15(24)28-10-14(23)21-22-16(25)18(20-17(22)26)8-4-1-5-9-18/h2-3,6-7H,1,4-5,8-11H2,(H,20,26)(H,21,23). The highest BCUT2D eigenvalue weighted by atomic mass is 19.1. The van der Waals surface area contributed by atoms with Gasteiger partial charge in [-0.3, -0.25) is 15.0 Å². The van der Waals surface area contributed by atoms with E-state index in [0.29, 0.717) is 17.9 Å². The summed E-state index contributed by atoms with van der Waals surface area (Å²) in [6, 6.07) is 4.81. The highest BCUT2D eigenvalue weighted by Gasteiger charge is 2.52. The Morgan fingerprint density at radius 3 is 2.57 bits per heavy atom. The van der Waals surface area contributed by atoms with Gasteiger partial charge in [-0.05, 0) is 25.0 Å². The fourth-order valence-electron chi connectivity index (χ4n) is 3.26. The second kappa shape index (κ2) is 8.24. The van der Waals surface area contributed by atoms with Gasteiger partial charge in [0.05, 0.1) is 0 Å². The Labute approximate surface area is 160 Å². The van der Waals surface area contributed by atoms with Gasteiger partial charge < -0.3 is 14.8 Å². The van der Waals surface area contributed by atoms with Crippen LogP contribution < -0.4 is 15.5 Å². The Morgan fingerprint density at radius 1 is 1.14 bits per heavy atom. The molecule has 1 saturated carbocycles. The van der Waals surface area contributed by atoms with E-state index < -0.39 is 48.4 Å². The summed E-state index contributed by atoms with van der Waals surface area (Å²) >= 11 is 0. The Morgan fingerprint density at radius 2 is 1.86 bits per heavy atom. The molecule has 1 saturated heterocycles. The molecule has 1 heterocycles. The first-order valence-corrected chi connectivity index (χ1v) is 8.90. The third-order valence-electron chi connectivity index (χ3n) is 4.65. The molecule has 0 radical (unpaired) electrons. The van der Waals surface area contributed by atoms with Crippen molar-refractivity contribution in [2.24, 2.45) is 0 Å². The number of nitrogens with zero attached hydrogens (tertiary/aromatic N) is 1. The molecule has 1 spiro atoms. The van der Waals surface area contributed by atoms with Crippen molar-refractivity contribution >= 4 is 23.8 Å². The Kier molecular flexibility index (Phi) is 5.76. The van der Waals surface area contributed by atoms with Gasteiger partial charge in [0.1, 0.15) is 5.54 Å². The zero-order chi connectivity index (χ0) is 20.1. The van der Waals surface area contributed by atoms with E-state index in [0.717, 1.165) is 19.3 Å². The van der Waals surface area contributed by atoms with E-state index in [2.05, 4.69) is 10.7 Å². The molecular weight excluding hydrogens is 373 g/mol. The molecule has 4 amide bonds. The molecule has 1 aromatic rings. The first-order valence-electron chi connectivity index (χ1n) is 8.90. The first-order chi connectivity index (χ1) is 13.4. The minimum absolute atomic E-state index is 0.124. The molecule has 0 unspecified atom stereocenters. The number of carbonyl (C=O) groups is 4. The number of amides is 4. The van der Waals surface area contributed by atoms with Gasteiger partial charge in [-0.2, -0.15) is 5.01 Å². The van der Waals surface area contributed by atoms with Crippen LogP contribution >= 0.6 is 0 Å². The predicted molar refractivity (Wildman–Crippen MR) is 92.2 cm³/mol. The molecule has 2 N–H and O–H groups in total. The van der Waals surface area contributed by atoms with Crippen molar-refractivity contribution < 1.29 is 33.0 Å². The highest BCUT2D eigenvalue weighted by Crippen LogP contribution is 2.32. The summed E-state index contributed by atoms with van der Waals surface area (Å²) in [5.74, 6) is -3.03. The van der Waals surface area contributed by atoms with Gasteiger partial charge >= 0.3 is 12.0 Å². The summed E-state index contributed by atoms with van der Waals surface area (Å²) in [5.41, 5.74) is 1.18. The lowest BCUT2D eigenvalue weighted by Gasteiger charge is -2.30. The number of esters is 1. The summed E-state index contributed by atoms with van der Waals surface area (Å²) in [6.07, 6.45) is 3.65. The molecule has 1 aromatic carbocycles. The number of rotatable bonds is 6. The van der Waals surface area contributed by atoms with Crippen LogP contribution in [-0.2, 0) is 19.1 Å². The first kappa shape index (κ1) is 19.6. The van der Waals surface area contributed by atoms with E-state index >= 15 is 0 Å². The predicted octanol–water partition coefficient (Wildman–Crippen LogP) is 1.03. The number of para-hydroxylation sites is 1. The molecule has 2 aliphatic rings. The van der Waals surface area contributed by atoms with Crippen molar-refractivity contribution in [3.8, 4) is 5.75 Å². The second-order valence-corrected chi connectivity index (χ2v) is 6.63. The summed E-state index contributed by atoms with van der Waals surface area (Å²) < 4.78 is 23.1. The maximum atomic E-state index is 13.4. The zero-order valence-corrected chi connectivity index (χ0v) is 15.0. The molecule has 1 aliphatic heterocycles. The Bertz CT molecular complexity index is 793. The minimum atomic E-state index is -0.965. The van der Waals surface area contributed by atoms with Gasteiger partial charge in [-0.15, -0.1) is 0 Å². The monoisotopic (exact) mass is 393 g/mol. The van der Waals surface area contributed by atoms with E-state index in [1.165, 1.54) is 24.3 Å². The lowest BCUT2D eigenvalue weighted by Crippen LogP contribution is -2.51. The van der Waals surface area contributed by atoms with E-state index in [4.69, 9.17) is 9.47 Å². The van der Waals surface area contributed by atoms with E-state index in [1.54, 1.807) is 0 Å². The van der Waals surface area contributed by atoms with E-state index in [9.17, 15) is 23.6 Å². The van der Waals surface area contributed by atoms with Crippen LogP contribution in [0.4, 0.5) is 9.18 Å². The quantitative estimate of drug-likeness (QED) is 0.551. The number of hydrazine groups is 1. The van der Waals surface area contributed by atoms with E-state index in [-0.39, 0.29) is 5.75 Å². The van der Waals surface area contributed by atoms with Gasteiger partial charge in [-0.1, -0.05) is 31.4 Å². The second-order valence-electron chi connectivity index (χ2n) is 6.63. The van der Waals surface area contributed by atoms with Crippen LogP contribution in [-0.4, -0.2) is 47.6 Å². The smallest absolute Gasteiger partial charge is 0.344 e. The molecule has 10 heteroatoms. The van der Waals surface area contributed by atoms with Crippen LogP contribution in [0.2, 0.25) is 0 Å². The number of imide groups is 1. The average Bonchev–Trinajstić information content (AvgIpc) is 2.90. The number of urea groups is 1. The number of hydrogen-bond acceptors (Lipinski definition) is 6. The van der Waals surface area contributed by atoms with Crippen LogP contribution in [0.5, 0.6) is 5.75 Å². The molecular formula is C18H20FN3O6. The number of hydrogen-bond donors (Lipinski definition) is 2. The van der Waals surface area contributed by atoms with Gasteiger partial charge in [0.2, 0.25) is 0 Å². The molecule has 2 fully saturated rings.